The number of ether oxygens (including phenoxy) is 2. The van der Waals surface area contributed by atoms with Gasteiger partial charge in [0.15, 0.2) is 11.5 Å². The van der Waals surface area contributed by atoms with Crippen LogP contribution in [0.1, 0.15) is 37.0 Å². The van der Waals surface area contributed by atoms with Crippen molar-refractivity contribution < 1.29 is 24.2 Å². The Morgan fingerprint density at radius 1 is 1.18 bits per heavy atom. The number of benzene rings is 1. The standard InChI is InChI=1S/C16H21NO5/c1-3-21-12-6-5-11(9-13(12)22-4-2)14(18)17-10-16(7-8-16)15(19)20/h5-6,9H,3-4,7-8,10H2,1-2H3,(H,17,18)(H,19,20). The first kappa shape index (κ1) is 16.1. The Balaban J connectivity index is 2.06. The Labute approximate surface area is 129 Å². The molecular formula is C16H21NO5. The molecule has 0 spiro atoms. The molecule has 1 aromatic carbocycles. The third kappa shape index (κ3) is 3.50. The molecule has 1 aliphatic rings. The van der Waals surface area contributed by atoms with Gasteiger partial charge in [0.05, 0.1) is 18.6 Å². The summed E-state index contributed by atoms with van der Waals surface area (Å²) in [5.74, 6) is -0.0625. The topological polar surface area (TPSA) is 84.9 Å². The predicted octanol–water partition coefficient (Wildman–Crippen LogP) is 2.08. The summed E-state index contributed by atoms with van der Waals surface area (Å²) in [4.78, 5) is 23.3. The van der Waals surface area contributed by atoms with Crippen LogP contribution >= 0.6 is 0 Å². The van der Waals surface area contributed by atoms with Crippen LogP contribution in [-0.4, -0.2) is 36.7 Å². The number of rotatable bonds is 8. The number of amides is 1. The Kier molecular flexibility index (Phi) is 4.90. The van der Waals surface area contributed by atoms with E-state index in [4.69, 9.17) is 14.6 Å². The fraction of sp³-hybridized carbons (Fsp3) is 0.500. The zero-order valence-corrected chi connectivity index (χ0v) is 12.8. The highest BCUT2D eigenvalue weighted by Gasteiger charge is 2.50. The maximum atomic E-state index is 12.2. The molecule has 0 aromatic heterocycles. The molecule has 1 saturated carbocycles. The molecule has 2 N–H and O–H groups in total. The van der Waals surface area contributed by atoms with Crippen molar-refractivity contribution >= 4 is 11.9 Å². The molecule has 1 aliphatic carbocycles. The van der Waals surface area contributed by atoms with E-state index < -0.39 is 11.4 Å². The lowest BCUT2D eigenvalue weighted by atomic mass is 10.1. The van der Waals surface area contributed by atoms with Crippen molar-refractivity contribution in [3.63, 3.8) is 0 Å². The molecule has 1 fully saturated rings. The minimum atomic E-state index is -0.852. The summed E-state index contributed by atoms with van der Waals surface area (Å²) in [6.45, 7) is 4.85. The number of carboxylic acids is 1. The van der Waals surface area contributed by atoms with Crippen molar-refractivity contribution in [3.05, 3.63) is 23.8 Å². The number of hydrogen-bond acceptors (Lipinski definition) is 4. The molecule has 0 radical (unpaired) electrons. The summed E-state index contributed by atoms with van der Waals surface area (Å²) in [5, 5.41) is 11.8. The van der Waals surface area contributed by atoms with Gasteiger partial charge in [0, 0.05) is 12.1 Å². The second kappa shape index (κ2) is 6.68. The average Bonchev–Trinajstić information content (AvgIpc) is 3.28. The van der Waals surface area contributed by atoms with Gasteiger partial charge >= 0.3 is 5.97 Å². The Morgan fingerprint density at radius 2 is 1.82 bits per heavy atom. The van der Waals surface area contributed by atoms with Crippen molar-refractivity contribution in [2.45, 2.75) is 26.7 Å². The van der Waals surface area contributed by atoms with Gasteiger partial charge in [0.2, 0.25) is 0 Å². The summed E-state index contributed by atoms with van der Waals surface area (Å²) in [7, 11) is 0. The molecule has 6 nitrogen and oxygen atoms in total. The number of carbonyl (C=O) groups excluding carboxylic acids is 1. The van der Waals surface area contributed by atoms with E-state index >= 15 is 0 Å². The summed E-state index contributed by atoms with van der Waals surface area (Å²) < 4.78 is 10.9. The zero-order chi connectivity index (χ0) is 16.2. The molecule has 0 bridgehead atoms. The summed E-state index contributed by atoms with van der Waals surface area (Å²) in [6.07, 6.45) is 1.21. The average molecular weight is 307 g/mol. The summed E-state index contributed by atoms with van der Waals surface area (Å²) in [6, 6.07) is 4.95. The Hall–Kier alpha value is -2.24. The number of aliphatic carboxylic acids is 1. The van der Waals surface area contributed by atoms with Crippen LogP contribution in [0.5, 0.6) is 11.5 Å². The van der Waals surface area contributed by atoms with Crippen LogP contribution in [0.4, 0.5) is 0 Å². The van der Waals surface area contributed by atoms with E-state index in [1.54, 1.807) is 18.2 Å². The van der Waals surface area contributed by atoms with Gasteiger partial charge in [-0.15, -0.1) is 0 Å². The van der Waals surface area contributed by atoms with Gasteiger partial charge in [-0.25, -0.2) is 0 Å². The highest BCUT2D eigenvalue weighted by atomic mass is 16.5. The Morgan fingerprint density at radius 3 is 2.36 bits per heavy atom. The van der Waals surface area contributed by atoms with E-state index in [1.165, 1.54) is 0 Å². The van der Waals surface area contributed by atoms with E-state index in [-0.39, 0.29) is 12.5 Å². The van der Waals surface area contributed by atoms with Crippen LogP contribution in [-0.2, 0) is 4.79 Å². The molecule has 22 heavy (non-hydrogen) atoms. The second-order valence-electron chi connectivity index (χ2n) is 5.30. The van der Waals surface area contributed by atoms with Gasteiger partial charge in [-0.2, -0.15) is 0 Å². The Bertz CT molecular complexity index is 566. The lowest BCUT2D eigenvalue weighted by molar-refractivity contribution is -0.143. The highest BCUT2D eigenvalue weighted by molar-refractivity contribution is 5.95. The number of carboxylic acid groups (broad SMARTS) is 1. The third-order valence-electron chi connectivity index (χ3n) is 3.70. The van der Waals surface area contributed by atoms with E-state index in [1.807, 2.05) is 13.8 Å². The summed E-state index contributed by atoms with van der Waals surface area (Å²) in [5.41, 5.74) is -0.350. The number of hydrogen-bond donors (Lipinski definition) is 2. The molecule has 0 atom stereocenters. The normalized spacial score (nSPS) is 15.0. The van der Waals surface area contributed by atoms with Gasteiger partial charge in [-0.3, -0.25) is 9.59 Å². The van der Waals surface area contributed by atoms with Crippen LogP contribution in [0.3, 0.4) is 0 Å². The van der Waals surface area contributed by atoms with E-state index in [9.17, 15) is 9.59 Å². The fourth-order valence-corrected chi connectivity index (χ4v) is 2.16. The van der Waals surface area contributed by atoms with Crippen LogP contribution in [0.15, 0.2) is 18.2 Å². The van der Waals surface area contributed by atoms with Gasteiger partial charge in [-0.05, 0) is 44.9 Å². The predicted molar refractivity (Wildman–Crippen MR) is 80.4 cm³/mol. The number of nitrogens with one attached hydrogen (secondary N) is 1. The van der Waals surface area contributed by atoms with Crippen molar-refractivity contribution in [1.29, 1.82) is 0 Å². The molecular weight excluding hydrogens is 286 g/mol. The third-order valence-corrected chi connectivity index (χ3v) is 3.70. The first-order valence-electron chi connectivity index (χ1n) is 7.43. The quantitative estimate of drug-likeness (QED) is 0.768. The van der Waals surface area contributed by atoms with E-state index in [2.05, 4.69) is 5.32 Å². The van der Waals surface area contributed by atoms with Gasteiger partial charge < -0.3 is 19.9 Å². The maximum absolute atomic E-state index is 12.2. The highest BCUT2D eigenvalue weighted by Crippen LogP contribution is 2.45. The van der Waals surface area contributed by atoms with E-state index in [0.29, 0.717) is 43.1 Å². The molecule has 0 saturated heterocycles. The van der Waals surface area contributed by atoms with E-state index in [0.717, 1.165) is 0 Å². The molecule has 2 rings (SSSR count). The largest absolute Gasteiger partial charge is 0.490 e. The minimum Gasteiger partial charge on any atom is -0.490 e. The molecule has 120 valence electrons. The van der Waals surface area contributed by atoms with Crippen molar-refractivity contribution in [1.82, 2.24) is 5.32 Å². The molecule has 6 heteroatoms. The van der Waals surface area contributed by atoms with Crippen LogP contribution in [0, 0.1) is 5.41 Å². The maximum Gasteiger partial charge on any atom is 0.311 e. The lowest BCUT2D eigenvalue weighted by Gasteiger charge is -2.14. The first-order chi connectivity index (χ1) is 10.5. The monoisotopic (exact) mass is 307 g/mol. The van der Waals surface area contributed by atoms with Crippen molar-refractivity contribution in [3.8, 4) is 11.5 Å². The second-order valence-corrected chi connectivity index (χ2v) is 5.30. The number of carbonyl (C=O) groups is 2. The van der Waals surface area contributed by atoms with Crippen LogP contribution in [0.2, 0.25) is 0 Å². The van der Waals surface area contributed by atoms with Gasteiger partial charge in [0.1, 0.15) is 0 Å². The van der Waals surface area contributed by atoms with Crippen molar-refractivity contribution in [2.75, 3.05) is 19.8 Å². The minimum absolute atomic E-state index is 0.151. The fourth-order valence-electron chi connectivity index (χ4n) is 2.16. The molecule has 0 unspecified atom stereocenters. The van der Waals surface area contributed by atoms with Crippen LogP contribution in [0.25, 0.3) is 0 Å². The molecule has 1 aromatic rings. The van der Waals surface area contributed by atoms with Gasteiger partial charge in [0.25, 0.3) is 5.91 Å². The smallest absolute Gasteiger partial charge is 0.311 e. The molecule has 0 aliphatic heterocycles. The van der Waals surface area contributed by atoms with Crippen molar-refractivity contribution in [2.24, 2.45) is 5.41 Å². The van der Waals surface area contributed by atoms with Gasteiger partial charge in [-0.1, -0.05) is 0 Å². The molecule has 1 amide bonds. The SMILES string of the molecule is CCOc1ccc(C(=O)NCC2(C(=O)O)CC2)cc1OCC. The van der Waals surface area contributed by atoms with Crippen LogP contribution < -0.4 is 14.8 Å². The first-order valence-corrected chi connectivity index (χ1v) is 7.43. The lowest BCUT2D eigenvalue weighted by Crippen LogP contribution is -2.34. The zero-order valence-electron chi connectivity index (χ0n) is 12.8. The molecule has 0 heterocycles. The summed E-state index contributed by atoms with van der Waals surface area (Å²) >= 11 is 0.